The molecule has 0 saturated carbocycles. The van der Waals surface area contributed by atoms with Crippen molar-refractivity contribution in [2.24, 2.45) is 0 Å². The number of thioether (sulfide) groups is 1. The molecule has 0 aliphatic carbocycles. The molecule has 0 bridgehead atoms. The molecule has 1 fully saturated rings. The SMILES string of the molecule is CC(=N)CC(=O)CCCC(=O)Cc1ccc(C[C@H](NC(=O)[C@H]2N(S(=O)(=O)c3ccccc3)CSC2(C)C)C(=O)O)cc1. The first-order chi connectivity index (χ1) is 19.7. The van der Waals surface area contributed by atoms with E-state index >= 15 is 0 Å². The number of aliphatic carboxylic acids is 1. The lowest BCUT2D eigenvalue weighted by molar-refractivity contribution is -0.142. The van der Waals surface area contributed by atoms with E-state index in [0.29, 0.717) is 17.7 Å². The number of amides is 1. The minimum atomic E-state index is -4.00. The van der Waals surface area contributed by atoms with Gasteiger partial charge < -0.3 is 15.8 Å². The van der Waals surface area contributed by atoms with Crippen LogP contribution in [0.2, 0.25) is 0 Å². The molecule has 1 aliphatic rings. The number of ketones is 2. The highest BCUT2D eigenvalue weighted by atomic mass is 32.2. The zero-order chi connectivity index (χ0) is 31.1. The molecule has 1 heterocycles. The number of rotatable bonds is 15. The third kappa shape index (κ3) is 8.83. The van der Waals surface area contributed by atoms with Gasteiger partial charge in [0.15, 0.2) is 0 Å². The summed E-state index contributed by atoms with van der Waals surface area (Å²) in [5, 5.41) is 19.8. The van der Waals surface area contributed by atoms with E-state index in [4.69, 9.17) is 5.41 Å². The summed E-state index contributed by atoms with van der Waals surface area (Å²) in [5.74, 6) is -1.96. The second kappa shape index (κ2) is 14.2. The molecule has 42 heavy (non-hydrogen) atoms. The predicted molar refractivity (Wildman–Crippen MR) is 161 cm³/mol. The summed E-state index contributed by atoms with van der Waals surface area (Å²) in [5.41, 5.74) is 1.67. The van der Waals surface area contributed by atoms with Crippen molar-refractivity contribution in [3.63, 3.8) is 0 Å². The summed E-state index contributed by atoms with van der Waals surface area (Å²) in [6.07, 6.45) is 1.20. The monoisotopic (exact) mass is 615 g/mol. The van der Waals surface area contributed by atoms with Crippen LogP contribution in [0.4, 0.5) is 0 Å². The minimum Gasteiger partial charge on any atom is -0.480 e. The number of carbonyl (C=O) groups excluding carboxylic acids is 3. The number of nitrogens with zero attached hydrogens (tertiary/aromatic N) is 1. The second-order valence-electron chi connectivity index (χ2n) is 11.0. The molecule has 226 valence electrons. The lowest BCUT2D eigenvalue weighted by atomic mass is 9.99. The largest absolute Gasteiger partial charge is 0.480 e. The van der Waals surface area contributed by atoms with Crippen LogP contribution in [0.5, 0.6) is 0 Å². The lowest BCUT2D eigenvalue weighted by Gasteiger charge is -2.31. The molecule has 10 nitrogen and oxygen atoms in total. The van der Waals surface area contributed by atoms with Gasteiger partial charge in [-0.05, 0) is 50.5 Å². The summed E-state index contributed by atoms with van der Waals surface area (Å²) >= 11 is 1.31. The van der Waals surface area contributed by atoms with Gasteiger partial charge in [-0.3, -0.25) is 14.4 Å². The van der Waals surface area contributed by atoms with Crippen molar-refractivity contribution in [3.8, 4) is 0 Å². The second-order valence-corrected chi connectivity index (χ2v) is 14.5. The minimum absolute atomic E-state index is 0.0233. The van der Waals surface area contributed by atoms with Crippen molar-refractivity contribution < 1.29 is 32.7 Å². The normalized spacial score (nSPS) is 17.4. The molecule has 2 aromatic rings. The molecule has 0 unspecified atom stereocenters. The fourth-order valence-corrected chi connectivity index (χ4v) is 7.97. The number of hydrogen-bond acceptors (Lipinski definition) is 8. The fraction of sp³-hybridized carbons (Fsp3) is 0.433. The Hall–Kier alpha value is -3.35. The predicted octanol–water partition coefficient (Wildman–Crippen LogP) is 3.62. The maximum absolute atomic E-state index is 13.4. The maximum atomic E-state index is 13.4. The molecule has 1 saturated heterocycles. The highest BCUT2D eigenvalue weighted by Gasteiger charge is 2.51. The molecule has 0 spiro atoms. The number of carbonyl (C=O) groups is 4. The summed E-state index contributed by atoms with van der Waals surface area (Å²) < 4.78 is 27.0. The van der Waals surface area contributed by atoms with Crippen LogP contribution >= 0.6 is 11.8 Å². The first-order valence-corrected chi connectivity index (χ1v) is 16.0. The third-order valence-electron chi connectivity index (χ3n) is 6.96. The zero-order valence-corrected chi connectivity index (χ0v) is 25.6. The molecule has 12 heteroatoms. The number of carboxylic acids is 1. The average molecular weight is 616 g/mol. The van der Waals surface area contributed by atoms with E-state index in [0.717, 1.165) is 9.87 Å². The molecule has 2 atom stereocenters. The van der Waals surface area contributed by atoms with Crippen molar-refractivity contribution in [2.45, 2.75) is 81.0 Å². The van der Waals surface area contributed by atoms with E-state index in [1.54, 1.807) is 63.2 Å². The summed E-state index contributed by atoms with van der Waals surface area (Å²) in [7, 11) is -4.00. The Labute approximate surface area is 250 Å². The van der Waals surface area contributed by atoms with Crippen molar-refractivity contribution >= 4 is 50.9 Å². The van der Waals surface area contributed by atoms with Crippen LogP contribution in [-0.2, 0) is 42.0 Å². The van der Waals surface area contributed by atoms with E-state index < -0.39 is 38.7 Å². The first-order valence-electron chi connectivity index (χ1n) is 13.6. The number of sulfonamides is 1. The zero-order valence-electron chi connectivity index (χ0n) is 24.0. The van der Waals surface area contributed by atoms with Gasteiger partial charge in [0, 0.05) is 42.6 Å². The smallest absolute Gasteiger partial charge is 0.326 e. The number of benzene rings is 2. The maximum Gasteiger partial charge on any atom is 0.326 e. The number of nitrogens with one attached hydrogen (secondary N) is 2. The van der Waals surface area contributed by atoms with Crippen LogP contribution in [0.1, 0.15) is 57.6 Å². The molecular weight excluding hydrogens is 578 g/mol. The van der Waals surface area contributed by atoms with Gasteiger partial charge in [-0.2, -0.15) is 4.31 Å². The molecular formula is C30H37N3O7S2. The van der Waals surface area contributed by atoms with E-state index in [9.17, 15) is 32.7 Å². The van der Waals surface area contributed by atoms with Gasteiger partial charge in [0.25, 0.3) is 0 Å². The van der Waals surface area contributed by atoms with Crippen LogP contribution < -0.4 is 5.32 Å². The van der Waals surface area contributed by atoms with E-state index in [2.05, 4.69) is 5.32 Å². The summed E-state index contributed by atoms with van der Waals surface area (Å²) in [6, 6.07) is 12.2. The fourth-order valence-electron chi connectivity index (χ4n) is 4.78. The standard InChI is InChI=1S/C30H37N3O7S2/c1-20(31)16-23(34)8-7-9-24(35)17-21-12-14-22(15-13-21)18-26(29(37)38)32-28(36)27-30(2,3)41-19-33(27)42(39,40)25-10-5-4-6-11-25/h4-6,10-15,26-27,31H,7-9,16-19H2,1-3H3,(H,32,36)(H,37,38)/t26-,27+/m0/s1. The number of carboxylic acid groups (broad SMARTS) is 1. The number of Topliss-reactive ketones (excluding diaryl/α,β-unsaturated/α-hetero) is 2. The van der Waals surface area contributed by atoms with Crippen molar-refractivity contribution in [2.75, 3.05) is 5.88 Å². The Morgan fingerprint density at radius 2 is 1.62 bits per heavy atom. The molecule has 2 aromatic carbocycles. The van der Waals surface area contributed by atoms with Gasteiger partial charge in [-0.1, -0.05) is 42.5 Å². The lowest BCUT2D eigenvalue weighted by Crippen LogP contribution is -2.56. The van der Waals surface area contributed by atoms with Gasteiger partial charge in [-0.15, -0.1) is 11.8 Å². The van der Waals surface area contributed by atoms with E-state index in [-0.39, 0.29) is 54.4 Å². The average Bonchev–Trinajstić information content (AvgIpc) is 3.25. The van der Waals surface area contributed by atoms with Gasteiger partial charge in [0.1, 0.15) is 23.7 Å². The topological polar surface area (TPSA) is 162 Å². The Balaban J connectivity index is 1.63. The summed E-state index contributed by atoms with van der Waals surface area (Å²) in [4.78, 5) is 49.6. The molecule has 0 aromatic heterocycles. The molecule has 0 radical (unpaired) electrons. The van der Waals surface area contributed by atoms with Crippen molar-refractivity contribution in [1.29, 1.82) is 5.41 Å². The highest BCUT2D eigenvalue weighted by Crippen LogP contribution is 2.42. The van der Waals surface area contributed by atoms with Gasteiger partial charge in [0.2, 0.25) is 15.9 Å². The van der Waals surface area contributed by atoms with Gasteiger partial charge in [-0.25, -0.2) is 13.2 Å². The van der Waals surface area contributed by atoms with Gasteiger partial charge >= 0.3 is 5.97 Å². The van der Waals surface area contributed by atoms with E-state index in [1.807, 2.05) is 0 Å². The summed E-state index contributed by atoms with van der Waals surface area (Å²) in [6.45, 7) is 5.09. The molecule has 1 amide bonds. The Morgan fingerprint density at radius 3 is 2.21 bits per heavy atom. The molecule has 1 aliphatic heterocycles. The Morgan fingerprint density at radius 1 is 1.02 bits per heavy atom. The van der Waals surface area contributed by atoms with Crippen LogP contribution in [-0.4, -0.2) is 69.7 Å². The quantitative estimate of drug-likeness (QED) is 0.256. The van der Waals surface area contributed by atoms with Crippen LogP contribution in [0.25, 0.3) is 0 Å². The highest BCUT2D eigenvalue weighted by molar-refractivity contribution is 8.02. The first kappa shape index (κ1) is 33.2. The van der Waals surface area contributed by atoms with Crippen LogP contribution in [0.15, 0.2) is 59.5 Å². The van der Waals surface area contributed by atoms with Crippen molar-refractivity contribution in [1.82, 2.24) is 9.62 Å². The van der Waals surface area contributed by atoms with Crippen molar-refractivity contribution in [3.05, 3.63) is 65.7 Å². The number of hydrogen-bond donors (Lipinski definition) is 3. The van der Waals surface area contributed by atoms with Crippen LogP contribution in [0.3, 0.4) is 0 Å². The Kier molecular flexibility index (Phi) is 11.2. The van der Waals surface area contributed by atoms with E-state index in [1.165, 1.54) is 23.9 Å². The molecule has 3 N–H and O–H groups in total. The Bertz CT molecular complexity index is 1420. The molecule has 3 rings (SSSR count). The van der Waals surface area contributed by atoms with Gasteiger partial charge in [0.05, 0.1) is 10.8 Å². The third-order valence-corrected chi connectivity index (χ3v) is 10.3. The van der Waals surface area contributed by atoms with Crippen LogP contribution in [0, 0.1) is 5.41 Å².